The minimum absolute atomic E-state index is 0.0976. The zero-order valence-electron chi connectivity index (χ0n) is 16.3. The smallest absolute Gasteiger partial charge is 0.325 e. The van der Waals surface area contributed by atoms with Gasteiger partial charge in [0.2, 0.25) is 0 Å². The SMILES string of the molecule is CCOC(=O)CNC(=O)N(C)Cc1nc2cc(C(=O)N(C)C)ccc2n1C. The molecule has 0 aliphatic heterocycles. The molecule has 3 amide bonds. The molecule has 1 heterocycles. The highest BCUT2D eigenvalue weighted by atomic mass is 16.5. The first-order valence-corrected chi connectivity index (χ1v) is 8.56. The van der Waals surface area contributed by atoms with E-state index in [1.807, 2.05) is 17.7 Å². The molecule has 0 aliphatic carbocycles. The van der Waals surface area contributed by atoms with E-state index in [1.54, 1.807) is 40.2 Å². The van der Waals surface area contributed by atoms with Crippen LogP contribution in [0.3, 0.4) is 0 Å². The number of urea groups is 1. The van der Waals surface area contributed by atoms with Gasteiger partial charge in [0, 0.05) is 33.8 Å². The first kappa shape index (κ1) is 20.2. The van der Waals surface area contributed by atoms with Gasteiger partial charge in [0.1, 0.15) is 12.4 Å². The number of ether oxygens (including phenoxy) is 1. The van der Waals surface area contributed by atoms with Crippen molar-refractivity contribution >= 4 is 28.9 Å². The van der Waals surface area contributed by atoms with Crippen molar-refractivity contribution in [2.24, 2.45) is 7.05 Å². The van der Waals surface area contributed by atoms with E-state index in [2.05, 4.69) is 10.3 Å². The number of rotatable bonds is 6. The summed E-state index contributed by atoms with van der Waals surface area (Å²) in [6.07, 6.45) is 0. The van der Waals surface area contributed by atoms with Crippen LogP contribution in [0, 0.1) is 0 Å². The number of benzene rings is 1. The first-order chi connectivity index (χ1) is 12.7. The molecule has 9 nitrogen and oxygen atoms in total. The van der Waals surface area contributed by atoms with Crippen LogP contribution in [0.25, 0.3) is 11.0 Å². The van der Waals surface area contributed by atoms with Gasteiger partial charge in [-0.1, -0.05) is 0 Å². The minimum Gasteiger partial charge on any atom is -0.465 e. The minimum atomic E-state index is -0.486. The quantitative estimate of drug-likeness (QED) is 0.759. The van der Waals surface area contributed by atoms with Gasteiger partial charge >= 0.3 is 12.0 Å². The third-order valence-electron chi connectivity index (χ3n) is 4.04. The molecule has 0 bridgehead atoms. The Bertz CT molecular complexity index is 859. The molecule has 0 saturated heterocycles. The van der Waals surface area contributed by atoms with Gasteiger partial charge in [-0.3, -0.25) is 9.59 Å². The first-order valence-electron chi connectivity index (χ1n) is 8.56. The maximum atomic E-state index is 12.1. The highest BCUT2D eigenvalue weighted by Crippen LogP contribution is 2.18. The molecule has 0 fully saturated rings. The Morgan fingerprint density at radius 1 is 1.22 bits per heavy atom. The lowest BCUT2D eigenvalue weighted by Gasteiger charge is -2.17. The lowest BCUT2D eigenvalue weighted by atomic mass is 10.2. The third kappa shape index (κ3) is 4.75. The fourth-order valence-corrected chi connectivity index (χ4v) is 2.56. The van der Waals surface area contributed by atoms with Crippen molar-refractivity contribution in [2.75, 3.05) is 34.3 Å². The molecule has 0 aliphatic rings. The highest BCUT2D eigenvalue weighted by Gasteiger charge is 2.16. The fourth-order valence-electron chi connectivity index (χ4n) is 2.56. The highest BCUT2D eigenvalue weighted by molar-refractivity contribution is 5.97. The lowest BCUT2D eigenvalue weighted by molar-refractivity contribution is -0.141. The second-order valence-corrected chi connectivity index (χ2v) is 6.31. The lowest BCUT2D eigenvalue weighted by Crippen LogP contribution is -2.40. The van der Waals surface area contributed by atoms with Crippen molar-refractivity contribution in [3.05, 3.63) is 29.6 Å². The molecule has 27 heavy (non-hydrogen) atoms. The van der Waals surface area contributed by atoms with Gasteiger partial charge < -0.3 is 24.4 Å². The van der Waals surface area contributed by atoms with Crippen LogP contribution in [-0.4, -0.2) is 71.6 Å². The van der Waals surface area contributed by atoms with Crippen molar-refractivity contribution in [1.82, 2.24) is 24.7 Å². The van der Waals surface area contributed by atoms with E-state index < -0.39 is 12.0 Å². The van der Waals surface area contributed by atoms with E-state index in [0.29, 0.717) is 16.9 Å². The number of carbonyl (C=O) groups is 3. The number of hydrogen-bond acceptors (Lipinski definition) is 5. The van der Waals surface area contributed by atoms with Crippen LogP contribution in [0.4, 0.5) is 4.79 Å². The van der Waals surface area contributed by atoms with Crippen LogP contribution in [0.1, 0.15) is 23.1 Å². The van der Waals surface area contributed by atoms with E-state index >= 15 is 0 Å². The fraction of sp³-hybridized carbons (Fsp3) is 0.444. The molecule has 2 aromatic rings. The van der Waals surface area contributed by atoms with E-state index in [0.717, 1.165) is 5.52 Å². The summed E-state index contributed by atoms with van der Waals surface area (Å²) in [6, 6.07) is 4.93. The summed E-state index contributed by atoms with van der Waals surface area (Å²) in [5, 5.41) is 2.50. The maximum absolute atomic E-state index is 12.1. The number of imidazole rings is 1. The Labute approximate surface area is 157 Å². The number of nitrogens with one attached hydrogen (secondary N) is 1. The largest absolute Gasteiger partial charge is 0.465 e. The summed E-state index contributed by atoms with van der Waals surface area (Å²) in [5.74, 6) is 0.0767. The number of carbonyl (C=O) groups excluding carboxylic acids is 3. The molecule has 1 N–H and O–H groups in total. The van der Waals surface area contributed by atoms with Gasteiger partial charge in [-0.2, -0.15) is 0 Å². The summed E-state index contributed by atoms with van der Waals surface area (Å²) in [7, 11) is 6.85. The number of hydrogen-bond donors (Lipinski definition) is 1. The number of aromatic nitrogens is 2. The molecular formula is C18H25N5O4. The van der Waals surface area contributed by atoms with E-state index in [4.69, 9.17) is 4.74 Å². The molecule has 9 heteroatoms. The number of nitrogens with zero attached hydrogens (tertiary/aromatic N) is 4. The standard InChI is InChI=1S/C18H25N5O4/c1-6-27-16(24)10-19-18(26)22(4)11-15-20-13-9-12(17(25)21(2)3)7-8-14(13)23(15)5/h7-9H,6,10-11H2,1-5H3,(H,19,26). The molecule has 0 radical (unpaired) electrons. The van der Waals surface area contributed by atoms with E-state index in [9.17, 15) is 14.4 Å². The molecule has 146 valence electrons. The summed E-state index contributed by atoms with van der Waals surface area (Å²) in [6.45, 7) is 2.03. The van der Waals surface area contributed by atoms with Gasteiger partial charge in [-0.05, 0) is 25.1 Å². The van der Waals surface area contributed by atoms with E-state index in [-0.39, 0.29) is 25.6 Å². The average molecular weight is 375 g/mol. The monoisotopic (exact) mass is 375 g/mol. The topological polar surface area (TPSA) is 96.8 Å². The van der Waals surface area contributed by atoms with Crippen molar-refractivity contribution in [1.29, 1.82) is 0 Å². The summed E-state index contributed by atoms with van der Waals surface area (Å²) in [4.78, 5) is 43.0. The van der Waals surface area contributed by atoms with Gasteiger partial charge in [-0.15, -0.1) is 0 Å². The molecule has 1 aromatic heterocycles. The van der Waals surface area contributed by atoms with E-state index in [1.165, 1.54) is 9.80 Å². The Morgan fingerprint density at radius 2 is 1.93 bits per heavy atom. The Balaban J connectivity index is 2.11. The molecule has 0 spiro atoms. The average Bonchev–Trinajstić information content (AvgIpc) is 2.94. The predicted octanol–water partition coefficient (Wildman–Crippen LogP) is 0.980. The van der Waals surface area contributed by atoms with Crippen molar-refractivity contribution in [2.45, 2.75) is 13.5 Å². The van der Waals surface area contributed by atoms with Crippen LogP contribution in [-0.2, 0) is 23.1 Å². The summed E-state index contributed by atoms with van der Waals surface area (Å²) < 4.78 is 6.65. The molecule has 0 unspecified atom stereocenters. The zero-order valence-corrected chi connectivity index (χ0v) is 16.3. The van der Waals surface area contributed by atoms with Crippen LogP contribution in [0.15, 0.2) is 18.2 Å². The third-order valence-corrected chi connectivity index (χ3v) is 4.04. The number of esters is 1. The van der Waals surface area contributed by atoms with Crippen LogP contribution >= 0.6 is 0 Å². The molecular weight excluding hydrogens is 350 g/mol. The molecule has 2 rings (SSSR count). The number of aryl methyl sites for hydroxylation is 1. The van der Waals surface area contributed by atoms with Crippen LogP contribution in [0.5, 0.6) is 0 Å². The van der Waals surface area contributed by atoms with Crippen molar-refractivity contribution in [3.63, 3.8) is 0 Å². The van der Waals surface area contributed by atoms with Crippen molar-refractivity contribution < 1.29 is 19.1 Å². The van der Waals surface area contributed by atoms with Gasteiger partial charge in [0.15, 0.2) is 0 Å². The Hall–Kier alpha value is -3.10. The van der Waals surface area contributed by atoms with Crippen LogP contribution < -0.4 is 5.32 Å². The normalized spacial score (nSPS) is 10.6. The van der Waals surface area contributed by atoms with Gasteiger partial charge in [0.05, 0.1) is 24.2 Å². The van der Waals surface area contributed by atoms with Gasteiger partial charge in [0.25, 0.3) is 5.91 Å². The van der Waals surface area contributed by atoms with Gasteiger partial charge in [-0.25, -0.2) is 9.78 Å². The molecule has 1 aromatic carbocycles. The zero-order chi connectivity index (χ0) is 20.1. The Morgan fingerprint density at radius 3 is 2.56 bits per heavy atom. The molecule has 0 saturated carbocycles. The summed E-state index contributed by atoms with van der Waals surface area (Å²) >= 11 is 0. The Kier molecular flexibility index (Phi) is 6.38. The number of fused-ring (bicyclic) bond motifs is 1. The van der Waals surface area contributed by atoms with Crippen LogP contribution in [0.2, 0.25) is 0 Å². The second-order valence-electron chi connectivity index (χ2n) is 6.31. The second kappa shape index (κ2) is 8.52. The van der Waals surface area contributed by atoms with Crippen molar-refractivity contribution in [3.8, 4) is 0 Å². The predicted molar refractivity (Wildman–Crippen MR) is 100 cm³/mol. The number of amides is 3. The summed E-state index contributed by atoms with van der Waals surface area (Å²) in [5.41, 5.74) is 2.10. The maximum Gasteiger partial charge on any atom is 0.325 e. The molecule has 0 atom stereocenters.